The molecular formula is C17H22N2OS. The molecule has 3 nitrogen and oxygen atoms in total. The minimum Gasteiger partial charge on any atom is -0.338 e. The van der Waals surface area contributed by atoms with Gasteiger partial charge in [-0.15, -0.1) is 11.3 Å². The summed E-state index contributed by atoms with van der Waals surface area (Å²) >= 11 is 1.70. The Morgan fingerprint density at radius 2 is 1.95 bits per heavy atom. The molecule has 21 heavy (non-hydrogen) atoms. The van der Waals surface area contributed by atoms with Crippen LogP contribution in [0.5, 0.6) is 0 Å². The Hall–Kier alpha value is -1.81. The molecule has 0 aliphatic rings. The first kappa shape index (κ1) is 15.6. The lowest BCUT2D eigenvalue weighted by Crippen LogP contribution is -2.37. The number of nitrogens with zero attached hydrogens (tertiary/aromatic N) is 1. The van der Waals surface area contributed by atoms with Crippen LogP contribution in [0.2, 0.25) is 0 Å². The zero-order valence-corrected chi connectivity index (χ0v) is 13.7. The number of thiophene rings is 1. The molecule has 0 radical (unpaired) electrons. The number of carbonyl (C=O) groups is 1. The second kappa shape index (κ2) is 7.27. The summed E-state index contributed by atoms with van der Waals surface area (Å²) in [6, 6.07) is 10.4. The molecule has 4 heteroatoms. The van der Waals surface area contributed by atoms with Gasteiger partial charge in [-0.1, -0.05) is 24.3 Å². The van der Waals surface area contributed by atoms with Crippen LogP contribution in [-0.2, 0) is 13.0 Å². The highest BCUT2D eigenvalue weighted by Crippen LogP contribution is 2.17. The van der Waals surface area contributed by atoms with Crippen molar-refractivity contribution in [3.05, 3.63) is 57.3 Å². The Kier molecular flexibility index (Phi) is 5.39. The van der Waals surface area contributed by atoms with Crippen LogP contribution in [0, 0.1) is 13.8 Å². The average molecular weight is 302 g/mol. The maximum absolute atomic E-state index is 12.1. The summed E-state index contributed by atoms with van der Waals surface area (Å²) in [5.41, 5.74) is 3.81. The number of hydrogen-bond acceptors (Lipinski definition) is 2. The van der Waals surface area contributed by atoms with Crippen molar-refractivity contribution in [3.8, 4) is 0 Å². The third-order valence-electron chi connectivity index (χ3n) is 3.63. The van der Waals surface area contributed by atoms with Gasteiger partial charge in [0, 0.05) is 18.5 Å². The standard InChI is InChI=1S/C17H22N2OS/c1-13-6-4-5-7-15(13)8-10-18-17(20)19(3)12-16-14(2)9-11-21-16/h4-7,9,11H,8,10,12H2,1-3H3,(H,18,20). The van der Waals surface area contributed by atoms with E-state index in [0.29, 0.717) is 13.1 Å². The largest absolute Gasteiger partial charge is 0.338 e. The molecule has 0 saturated carbocycles. The van der Waals surface area contributed by atoms with E-state index in [2.05, 4.69) is 42.7 Å². The Balaban J connectivity index is 1.79. The minimum absolute atomic E-state index is 0.0172. The summed E-state index contributed by atoms with van der Waals surface area (Å²) in [5.74, 6) is 0. The van der Waals surface area contributed by atoms with Crippen LogP contribution >= 0.6 is 11.3 Å². The Morgan fingerprint density at radius 3 is 2.62 bits per heavy atom. The van der Waals surface area contributed by atoms with Gasteiger partial charge >= 0.3 is 6.03 Å². The van der Waals surface area contributed by atoms with E-state index in [9.17, 15) is 4.79 Å². The van der Waals surface area contributed by atoms with Crippen molar-refractivity contribution in [2.45, 2.75) is 26.8 Å². The first-order valence-electron chi connectivity index (χ1n) is 7.14. The smallest absolute Gasteiger partial charge is 0.317 e. The topological polar surface area (TPSA) is 32.3 Å². The van der Waals surface area contributed by atoms with Crippen LogP contribution in [-0.4, -0.2) is 24.5 Å². The monoisotopic (exact) mass is 302 g/mol. The van der Waals surface area contributed by atoms with Gasteiger partial charge in [-0.2, -0.15) is 0 Å². The molecular weight excluding hydrogens is 280 g/mol. The summed E-state index contributed by atoms with van der Waals surface area (Å²) in [6.07, 6.45) is 0.865. The Morgan fingerprint density at radius 1 is 1.19 bits per heavy atom. The van der Waals surface area contributed by atoms with Crippen LogP contribution in [0.1, 0.15) is 21.6 Å². The fourth-order valence-electron chi connectivity index (χ4n) is 2.18. The van der Waals surface area contributed by atoms with E-state index in [1.165, 1.54) is 21.6 Å². The fraction of sp³-hybridized carbons (Fsp3) is 0.353. The van der Waals surface area contributed by atoms with E-state index in [1.54, 1.807) is 16.2 Å². The molecule has 1 aromatic carbocycles. The maximum atomic E-state index is 12.1. The molecule has 112 valence electrons. The second-order valence-corrected chi connectivity index (χ2v) is 6.29. The van der Waals surface area contributed by atoms with Crippen molar-refractivity contribution in [2.24, 2.45) is 0 Å². The molecule has 0 unspecified atom stereocenters. The molecule has 0 fully saturated rings. The molecule has 0 saturated heterocycles. The number of aryl methyl sites for hydroxylation is 2. The van der Waals surface area contributed by atoms with Crippen LogP contribution in [0.25, 0.3) is 0 Å². The van der Waals surface area contributed by atoms with Crippen molar-refractivity contribution in [3.63, 3.8) is 0 Å². The third-order valence-corrected chi connectivity index (χ3v) is 4.64. The van der Waals surface area contributed by atoms with Crippen molar-refractivity contribution < 1.29 is 4.79 Å². The molecule has 0 aliphatic heterocycles. The first-order chi connectivity index (χ1) is 10.1. The highest BCUT2D eigenvalue weighted by atomic mass is 32.1. The highest BCUT2D eigenvalue weighted by molar-refractivity contribution is 7.10. The normalized spacial score (nSPS) is 10.4. The molecule has 2 amide bonds. The highest BCUT2D eigenvalue weighted by Gasteiger charge is 2.10. The zero-order valence-electron chi connectivity index (χ0n) is 12.8. The molecule has 0 spiro atoms. The number of benzene rings is 1. The minimum atomic E-state index is -0.0172. The Bertz CT molecular complexity index is 606. The van der Waals surface area contributed by atoms with E-state index in [0.717, 1.165) is 6.42 Å². The van der Waals surface area contributed by atoms with E-state index >= 15 is 0 Å². The van der Waals surface area contributed by atoms with Crippen LogP contribution < -0.4 is 5.32 Å². The van der Waals surface area contributed by atoms with Crippen LogP contribution in [0.3, 0.4) is 0 Å². The number of urea groups is 1. The van der Waals surface area contributed by atoms with Gasteiger partial charge in [0.2, 0.25) is 0 Å². The zero-order chi connectivity index (χ0) is 15.2. The van der Waals surface area contributed by atoms with Crippen molar-refractivity contribution in [1.82, 2.24) is 10.2 Å². The van der Waals surface area contributed by atoms with Gasteiger partial charge in [0.25, 0.3) is 0 Å². The molecule has 1 aromatic heterocycles. The predicted octanol–water partition coefficient (Wildman–Crippen LogP) is 3.75. The number of hydrogen-bond donors (Lipinski definition) is 1. The summed E-state index contributed by atoms with van der Waals surface area (Å²) in [6.45, 7) is 5.51. The SMILES string of the molecule is Cc1ccccc1CCNC(=O)N(C)Cc1sccc1C. The van der Waals surface area contributed by atoms with Gasteiger partial charge in [0.15, 0.2) is 0 Å². The number of amides is 2. The quantitative estimate of drug-likeness (QED) is 0.896. The number of nitrogens with one attached hydrogen (secondary N) is 1. The van der Waals surface area contributed by atoms with Crippen molar-refractivity contribution in [2.75, 3.05) is 13.6 Å². The van der Waals surface area contributed by atoms with E-state index in [-0.39, 0.29) is 6.03 Å². The Labute approximate surface area is 130 Å². The number of rotatable bonds is 5. The van der Waals surface area contributed by atoms with Crippen molar-refractivity contribution >= 4 is 17.4 Å². The van der Waals surface area contributed by atoms with Crippen LogP contribution in [0.15, 0.2) is 35.7 Å². The summed E-state index contributed by atoms with van der Waals surface area (Å²) in [7, 11) is 1.84. The van der Waals surface area contributed by atoms with Crippen molar-refractivity contribution in [1.29, 1.82) is 0 Å². The first-order valence-corrected chi connectivity index (χ1v) is 8.02. The van der Waals surface area contributed by atoms with Gasteiger partial charge in [-0.05, 0) is 48.4 Å². The molecule has 2 rings (SSSR count). The van der Waals surface area contributed by atoms with E-state index in [4.69, 9.17) is 0 Å². The number of carbonyl (C=O) groups excluding carboxylic acids is 1. The van der Waals surface area contributed by atoms with E-state index in [1.807, 2.05) is 19.2 Å². The summed E-state index contributed by atoms with van der Waals surface area (Å²) in [5, 5.41) is 5.05. The maximum Gasteiger partial charge on any atom is 0.317 e. The molecule has 0 aliphatic carbocycles. The van der Waals surface area contributed by atoms with E-state index < -0.39 is 0 Å². The molecule has 1 N–H and O–H groups in total. The lowest BCUT2D eigenvalue weighted by molar-refractivity contribution is 0.207. The average Bonchev–Trinajstić information content (AvgIpc) is 2.86. The van der Waals surface area contributed by atoms with Crippen LogP contribution in [0.4, 0.5) is 4.79 Å². The van der Waals surface area contributed by atoms with Gasteiger partial charge in [0.1, 0.15) is 0 Å². The van der Waals surface area contributed by atoms with Gasteiger partial charge in [0.05, 0.1) is 6.54 Å². The fourth-order valence-corrected chi connectivity index (χ4v) is 3.14. The molecule has 2 aromatic rings. The molecule has 1 heterocycles. The third kappa shape index (κ3) is 4.33. The van der Waals surface area contributed by atoms with Gasteiger partial charge in [-0.25, -0.2) is 4.79 Å². The molecule has 0 atom stereocenters. The second-order valence-electron chi connectivity index (χ2n) is 5.29. The lowest BCUT2D eigenvalue weighted by Gasteiger charge is -2.18. The van der Waals surface area contributed by atoms with Gasteiger partial charge < -0.3 is 10.2 Å². The lowest BCUT2D eigenvalue weighted by atomic mass is 10.1. The van der Waals surface area contributed by atoms with Gasteiger partial charge in [-0.3, -0.25) is 0 Å². The summed E-state index contributed by atoms with van der Waals surface area (Å²) < 4.78 is 0. The predicted molar refractivity (Wildman–Crippen MR) is 88.8 cm³/mol. The molecule has 0 bridgehead atoms. The summed E-state index contributed by atoms with van der Waals surface area (Å²) in [4.78, 5) is 15.1.